The van der Waals surface area contributed by atoms with Crippen LogP contribution in [0.25, 0.3) is 0 Å². The Balaban J connectivity index is 2.56. The fourth-order valence-electron chi connectivity index (χ4n) is 2.42. The smallest absolute Gasteiger partial charge is 0.317 e. The van der Waals surface area contributed by atoms with Crippen LogP contribution < -0.4 is 0 Å². The zero-order chi connectivity index (χ0) is 12.3. The van der Waals surface area contributed by atoms with Gasteiger partial charge in [0.1, 0.15) is 0 Å². The number of likely N-dealkylation sites (tertiary alicyclic amines) is 1. The van der Waals surface area contributed by atoms with E-state index in [9.17, 15) is 9.59 Å². The molecule has 0 spiro atoms. The maximum atomic E-state index is 11.5. The molecule has 0 aliphatic carbocycles. The first-order chi connectivity index (χ1) is 7.41. The fraction of sp³-hybridized carbons (Fsp3) is 0.818. The molecule has 1 N–H and O–H groups in total. The van der Waals surface area contributed by atoms with Crippen molar-refractivity contribution in [1.82, 2.24) is 9.80 Å². The molecule has 0 saturated carbocycles. The van der Waals surface area contributed by atoms with Gasteiger partial charge in [0, 0.05) is 32.1 Å². The predicted molar refractivity (Wildman–Crippen MR) is 60.1 cm³/mol. The Hall–Kier alpha value is -1.10. The van der Waals surface area contributed by atoms with Gasteiger partial charge in [-0.1, -0.05) is 0 Å². The average molecular weight is 228 g/mol. The third-order valence-corrected chi connectivity index (χ3v) is 2.92. The van der Waals surface area contributed by atoms with E-state index in [4.69, 9.17) is 5.11 Å². The minimum absolute atomic E-state index is 0.0668. The van der Waals surface area contributed by atoms with Gasteiger partial charge in [-0.3, -0.25) is 14.5 Å². The Morgan fingerprint density at radius 3 is 2.56 bits per heavy atom. The van der Waals surface area contributed by atoms with Gasteiger partial charge < -0.3 is 10.0 Å². The molecule has 1 aliphatic rings. The van der Waals surface area contributed by atoms with E-state index in [2.05, 4.69) is 0 Å². The second-order valence-electron chi connectivity index (χ2n) is 4.59. The number of carboxylic acids is 1. The van der Waals surface area contributed by atoms with Crippen LogP contribution in [0, 0.1) is 0 Å². The van der Waals surface area contributed by atoms with Crippen molar-refractivity contribution >= 4 is 11.9 Å². The van der Waals surface area contributed by atoms with Crippen LogP contribution in [-0.2, 0) is 9.59 Å². The first kappa shape index (κ1) is 13.0. The van der Waals surface area contributed by atoms with Crippen molar-refractivity contribution < 1.29 is 14.7 Å². The molecule has 1 unspecified atom stereocenters. The maximum absolute atomic E-state index is 11.5. The average Bonchev–Trinajstić information content (AvgIpc) is 2.50. The molecule has 0 radical (unpaired) electrons. The Morgan fingerprint density at radius 1 is 1.50 bits per heavy atom. The summed E-state index contributed by atoms with van der Waals surface area (Å²) in [6, 6.07) is 0.337. The lowest BCUT2D eigenvalue weighted by molar-refractivity contribution is -0.138. The number of carbonyl (C=O) groups excluding carboxylic acids is 1. The van der Waals surface area contributed by atoms with E-state index in [1.165, 1.54) is 0 Å². The molecule has 92 valence electrons. The third kappa shape index (κ3) is 3.20. The summed E-state index contributed by atoms with van der Waals surface area (Å²) in [7, 11) is 0. The topological polar surface area (TPSA) is 60.9 Å². The number of carboxylic acid groups (broad SMARTS) is 1. The van der Waals surface area contributed by atoms with Gasteiger partial charge in [-0.2, -0.15) is 0 Å². The molecule has 5 heteroatoms. The quantitative estimate of drug-likeness (QED) is 0.756. The molecule has 0 aromatic heterocycles. The monoisotopic (exact) mass is 228 g/mol. The normalized spacial score (nSPS) is 21.4. The van der Waals surface area contributed by atoms with E-state index in [1.807, 2.05) is 23.6 Å². The highest BCUT2D eigenvalue weighted by atomic mass is 16.4. The third-order valence-electron chi connectivity index (χ3n) is 2.92. The SMILES string of the molecule is CC(=O)N(C(C)C)C1CCN(CC(=O)O)C1. The number of hydrogen-bond acceptors (Lipinski definition) is 3. The lowest BCUT2D eigenvalue weighted by Gasteiger charge is -2.31. The molecule has 1 aliphatic heterocycles. The Kier molecular flexibility index (Phi) is 4.29. The zero-order valence-electron chi connectivity index (χ0n) is 10.1. The van der Waals surface area contributed by atoms with Crippen molar-refractivity contribution in [2.45, 2.75) is 39.3 Å². The molecule has 1 rings (SSSR count). The Labute approximate surface area is 96.0 Å². The molecule has 1 atom stereocenters. The summed E-state index contributed by atoms with van der Waals surface area (Å²) in [4.78, 5) is 25.8. The summed E-state index contributed by atoms with van der Waals surface area (Å²) in [5.41, 5.74) is 0. The van der Waals surface area contributed by atoms with Crippen LogP contribution in [0.5, 0.6) is 0 Å². The lowest BCUT2D eigenvalue weighted by Crippen LogP contribution is -2.45. The highest BCUT2D eigenvalue weighted by molar-refractivity contribution is 5.74. The summed E-state index contributed by atoms with van der Waals surface area (Å²) >= 11 is 0. The van der Waals surface area contributed by atoms with E-state index in [-0.39, 0.29) is 24.5 Å². The number of amides is 1. The maximum Gasteiger partial charge on any atom is 0.317 e. The summed E-state index contributed by atoms with van der Waals surface area (Å²) in [5, 5.41) is 8.69. The van der Waals surface area contributed by atoms with Gasteiger partial charge >= 0.3 is 5.97 Å². The summed E-state index contributed by atoms with van der Waals surface area (Å²) < 4.78 is 0. The lowest BCUT2D eigenvalue weighted by atomic mass is 10.1. The Bertz CT molecular complexity index is 278. The summed E-state index contributed by atoms with van der Waals surface area (Å²) in [6.45, 7) is 7.04. The molecule has 1 fully saturated rings. The van der Waals surface area contributed by atoms with Gasteiger partial charge in [-0.25, -0.2) is 0 Å². The van der Waals surface area contributed by atoms with E-state index in [1.54, 1.807) is 6.92 Å². The van der Waals surface area contributed by atoms with Crippen LogP contribution in [0.3, 0.4) is 0 Å². The second kappa shape index (κ2) is 5.30. The molecule has 0 aromatic rings. The van der Waals surface area contributed by atoms with Gasteiger partial charge in [0.2, 0.25) is 5.91 Å². The van der Waals surface area contributed by atoms with Gasteiger partial charge in [0.25, 0.3) is 0 Å². The van der Waals surface area contributed by atoms with Crippen LogP contribution in [0.1, 0.15) is 27.2 Å². The van der Waals surface area contributed by atoms with E-state index >= 15 is 0 Å². The van der Waals surface area contributed by atoms with Gasteiger partial charge in [0.15, 0.2) is 0 Å². The number of nitrogens with zero attached hydrogens (tertiary/aromatic N) is 2. The first-order valence-corrected chi connectivity index (χ1v) is 5.65. The van der Waals surface area contributed by atoms with Gasteiger partial charge in [0.05, 0.1) is 6.54 Å². The van der Waals surface area contributed by atoms with Gasteiger partial charge in [-0.15, -0.1) is 0 Å². The van der Waals surface area contributed by atoms with Crippen LogP contribution in [-0.4, -0.2) is 58.5 Å². The molecule has 5 nitrogen and oxygen atoms in total. The molecular weight excluding hydrogens is 208 g/mol. The minimum Gasteiger partial charge on any atom is -0.480 e. The predicted octanol–water partition coefficient (Wildman–Crippen LogP) is 0.402. The first-order valence-electron chi connectivity index (χ1n) is 5.65. The van der Waals surface area contributed by atoms with Crippen LogP contribution in [0.2, 0.25) is 0 Å². The molecule has 1 heterocycles. The number of aliphatic carboxylic acids is 1. The molecule has 0 aromatic carbocycles. The Morgan fingerprint density at radius 2 is 2.12 bits per heavy atom. The standard InChI is InChI=1S/C11H20N2O3/c1-8(2)13(9(3)14)10-4-5-12(6-10)7-11(15)16/h8,10H,4-7H2,1-3H3,(H,15,16). The van der Waals surface area contributed by atoms with Crippen LogP contribution in [0.4, 0.5) is 0 Å². The highest BCUT2D eigenvalue weighted by Crippen LogP contribution is 2.17. The fourth-order valence-corrected chi connectivity index (χ4v) is 2.42. The van der Waals surface area contributed by atoms with Crippen molar-refractivity contribution in [3.63, 3.8) is 0 Å². The molecule has 1 amide bonds. The number of rotatable bonds is 4. The van der Waals surface area contributed by atoms with Crippen molar-refractivity contribution in [1.29, 1.82) is 0 Å². The van der Waals surface area contributed by atoms with Crippen LogP contribution in [0.15, 0.2) is 0 Å². The van der Waals surface area contributed by atoms with Crippen molar-refractivity contribution in [3.8, 4) is 0 Å². The van der Waals surface area contributed by atoms with Gasteiger partial charge in [-0.05, 0) is 20.3 Å². The summed E-state index contributed by atoms with van der Waals surface area (Å²) in [6.07, 6.45) is 0.866. The largest absolute Gasteiger partial charge is 0.480 e. The second-order valence-corrected chi connectivity index (χ2v) is 4.59. The number of hydrogen-bond donors (Lipinski definition) is 1. The van der Waals surface area contributed by atoms with Crippen LogP contribution >= 0.6 is 0 Å². The highest BCUT2D eigenvalue weighted by Gasteiger charge is 2.31. The van der Waals surface area contributed by atoms with E-state index in [0.717, 1.165) is 13.0 Å². The minimum atomic E-state index is -0.806. The molecular formula is C11H20N2O3. The van der Waals surface area contributed by atoms with Crippen molar-refractivity contribution in [2.24, 2.45) is 0 Å². The van der Waals surface area contributed by atoms with E-state index in [0.29, 0.717) is 6.54 Å². The zero-order valence-corrected chi connectivity index (χ0v) is 10.1. The molecule has 16 heavy (non-hydrogen) atoms. The summed E-state index contributed by atoms with van der Waals surface area (Å²) in [5.74, 6) is -0.739. The van der Waals surface area contributed by atoms with E-state index < -0.39 is 5.97 Å². The molecule has 1 saturated heterocycles. The number of carbonyl (C=O) groups is 2. The van der Waals surface area contributed by atoms with Crippen molar-refractivity contribution in [2.75, 3.05) is 19.6 Å². The molecule has 0 bridgehead atoms. The van der Waals surface area contributed by atoms with Crippen molar-refractivity contribution in [3.05, 3.63) is 0 Å².